The van der Waals surface area contributed by atoms with E-state index in [0.717, 1.165) is 15.5 Å². The van der Waals surface area contributed by atoms with Crippen LogP contribution in [0.2, 0.25) is 0 Å². The average Bonchev–Trinajstić information content (AvgIpc) is 2.66. The number of aromatic hydroxyl groups is 2. The van der Waals surface area contributed by atoms with Crippen LogP contribution in [0.5, 0.6) is 23.0 Å². The Hall–Kier alpha value is -2.82. The molecule has 0 saturated carbocycles. The van der Waals surface area contributed by atoms with Crippen LogP contribution in [-0.2, 0) is 4.79 Å². The Balaban J connectivity index is 1.96. The van der Waals surface area contributed by atoms with E-state index in [2.05, 4.69) is 15.6 Å². The number of hydrogen-bond acceptors (Lipinski definition) is 5. The Morgan fingerprint density at radius 2 is 1.41 bits per heavy atom. The van der Waals surface area contributed by atoms with Crippen LogP contribution in [-0.4, -0.2) is 50.2 Å². The summed E-state index contributed by atoms with van der Waals surface area (Å²) in [6, 6.07) is 9.88. The molecule has 0 unspecified atom stereocenters. The first kappa shape index (κ1) is 20.5. The SMILES string of the molecule is COc1cc(/C=C/C(=O)CC(=[Se])/C=C/c2ccc(O)c(OC)c2)ccc1O. The standard InChI is InChI=1S/C21H20O5Se/c1-25-20-11-14(5-9-18(20)23)3-7-16(22)13-17(27)8-4-15-6-10-19(24)21(12-15)26-2/h3-12,23-24H,13H2,1-2H3/b7-3+,8-4+. The molecule has 0 spiro atoms. The number of allylic oxidation sites excluding steroid dienone is 2. The van der Waals surface area contributed by atoms with Crippen LogP contribution in [0.1, 0.15) is 17.5 Å². The monoisotopic (exact) mass is 432 g/mol. The van der Waals surface area contributed by atoms with Gasteiger partial charge in [-0.3, -0.25) is 0 Å². The predicted octanol–water partition coefficient (Wildman–Crippen LogP) is 3.14. The normalized spacial score (nSPS) is 11.0. The van der Waals surface area contributed by atoms with E-state index in [0.29, 0.717) is 11.5 Å². The van der Waals surface area contributed by atoms with Crippen molar-refractivity contribution in [1.82, 2.24) is 0 Å². The van der Waals surface area contributed by atoms with Crippen molar-refractivity contribution in [3.63, 3.8) is 0 Å². The molecule has 27 heavy (non-hydrogen) atoms. The van der Waals surface area contributed by atoms with E-state index >= 15 is 0 Å². The quantitative estimate of drug-likeness (QED) is 0.496. The van der Waals surface area contributed by atoms with Crippen molar-refractivity contribution in [2.24, 2.45) is 0 Å². The van der Waals surface area contributed by atoms with Crippen molar-refractivity contribution in [3.05, 3.63) is 59.7 Å². The van der Waals surface area contributed by atoms with Gasteiger partial charge in [0.05, 0.1) is 0 Å². The second-order valence-corrected chi connectivity index (χ2v) is 6.74. The third kappa shape index (κ3) is 6.13. The summed E-state index contributed by atoms with van der Waals surface area (Å²) in [5, 5.41) is 19.2. The van der Waals surface area contributed by atoms with Crippen LogP contribution < -0.4 is 9.47 Å². The van der Waals surface area contributed by atoms with Gasteiger partial charge < -0.3 is 0 Å². The molecule has 0 aromatic heterocycles. The zero-order chi connectivity index (χ0) is 19.8. The van der Waals surface area contributed by atoms with Gasteiger partial charge >= 0.3 is 166 Å². The van der Waals surface area contributed by atoms with Crippen LogP contribution in [0.15, 0.2) is 48.6 Å². The molecular formula is C21H20O5Se. The van der Waals surface area contributed by atoms with Gasteiger partial charge in [0, 0.05) is 0 Å². The molecule has 5 nitrogen and oxygen atoms in total. The number of hydrogen-bond donors (Lipinski definition) is 2. The summed E-state index contributed by atoms with van der Waals surface area (Å²) >= 11 is 2.88. The van der Waals surface area contributed by atoms with E-state index in [4.69, 9.17) is 9.47 Å². The van der Waals surface area contributed by atoms with E-state index in [1.165, 1.54) is 26.4 Å². The number of carbonyl (C=O) groups is 1. The van der Waals surface area contributed by atoms with E-state index in [9.17, 15) is 15.0 Å². The Labute approximate surface area is 165 Å². The zero-order valence-corrected chi connectivity index (χ0v) is 16.7. The summed E-state index contributed by atoms with van der Waals surface area (Å²) in [7, 11) is 2.96. The summed E-state index contributed by atoms with van der Waals surface area (Å²) in [6.45, 7) is 0. The molecule has 2 aromatic carbocycles. The van der Waals surface area contributed by atoms with Crippen LogP contribution >= 0.6 is 0 Å². The second-order valence-electron chi connectivity index (χ2n) is 5.64. The molecule has 0 aliphatic heterocycles. The van der Waals surface area contributed by atoms with Gasteiger partial charge in [0.2, 0.25) is 0 Å². The summed E-state index contributed by atoms with van der Waals surface area (Å²) in [6.07, 6.45) is 7.03. The number of phenolic OH excluding ortho intramolecular Hbond substituents is 2. The van der Waals surface area contributed by atoms with Crippen LogP contribution in [0, 0.1) is 0 Å². The number of carbonyl (C=O) groups excluding carboxylic acids is 1. The molecule has 0 aliphatic rings. The van der Waals surface area contributed by atoms with Crippen molar-refractivity contribution in [2.75, 3.05) is 14.2 Å². The molecule has 0 atom stereocenters. The van der Waals surface area contributed by atoms with Gasteiger partial charge in [-0.1, -0.05) is 0 Å². The fourth-order valence-corrected chi connectivity index (χ4v) is 2.70. The minimum absolute atomic E-state index is 0.0516. The van der Waals surface area contributed by atoms with Crippen molar-refractivity contribution in [3.8, 4) is 23.0 Å². The zero-order valence-electron chi connectivity index (χ0n) is 15.0. The van der Waals surface area contributed by atoms with Gasteiger partial charge in [0.15, 0.2) is 0 Å². The molecule has 0 aliphatic carbocycles. The average molecular weight is 431 g/mol. The van der Waals surface area contributed by atoms with Gasteiger partial charge in [0.1, 0.15) is 0 Å². The second kappa shape index (κ2) is 9.76. The molecule has 0 fully saturated rings. The maximum atomic E-state index is 12.1. The molecule has 2 rings (SSSR count). The van der Waals surface area contributed by atoms with Crippen molar-refractivity contribution in [2.45, 2.75) is 6.42 Å². The number of phenols is 2. The molecule has 0 amide bonds. The van der Waals surface area contributed by atoms with Gasteiger partial charge in [-0.2, -0.15) is 0 Å². The van der Waals surface area contributed by atoms with E-state index in [1.54, 1.807) is 42.5 Å². The Bertz CT molecular complexity index is 826. The first-order chi connectivity index (χ1) is 12.9. The third-order valence-corrected chi connectivity index (χ3v) is 4.27. The minimum atomic E-state index is -0.0660. The molecule has 6 heteroatoms. The summed E-state index contributed by atoms with van der Waals surface area (Å²) in [4.78, 5) is 12.1. The number of benzene rings is 2. The van der Waals surface area contributed by atoms with Crippen LogP contribution in [0.4, 0.5) is 0 Å². The predicted molar refractivity (Wildman–Crippen MR) is 108 cm³/mol. The molecule has 0 radical (unpaired) electrons. The maximum absolute atomic E-state index is 12.1. The van der Waals surface area contributed by atoms with E-state index < -0.39 is 0 Å². The van der Waals surface area contributed by atoms with Crippen molar-refractivity contribution < 1.29 is 24.5 Å². The number of ether oxygens (including phenoxy) is 2. The first-order valence-corrected chi connectivity index (χ1v) is 8.94. The molecule has 0 heterocycles. The fourth-order valence-electron chi connectivity index (χ4n) is 2.26. The summed E-state index contributed by atoms with van der Waals surface area (Å²) < 4.78 is 10.9. The fraction of sp³-hybridized carbons (Fsp3) is 0.143. The molecule has 2 aromatic rings. The summed E-state index contributed by atoms with van der Waals surface area (Å²) in [5.41, 5.74) is 1.60. The number of rotatable bonds is 8. The van der Waals surface area contributed by atoms with Crippen LogP contribution in [0.3, 0.4) is 0 Å². The number of ketones is 1. The Morgan fingerprint density at radius 1 is 0.926 bits per heavy atom. The van der Waals surface area contributed by atoms with Gasteiger partial charge in [0.25, 0.3) is 0 Å². The van der Waals surface area contributed by atoms with E-state index in [1.807, 2.05) is 6.08 Å². The number of methoxy groups -OCH3 is 2. The van der Waals surface area contributed by atoms with E-state index in [-0.39, 0.29) is 23.7 Å². The Kier molecular flexibility index (Phi) is 7.41. The Morgan fingerprint density at radius 3 is 1.89 bits per heavy atom. The molecule has 0 saturated heterocycles. The third-order valence-electron chi connectivity index (χ3n) is 3.68. The van der Waals surface area contributed by atoms with Crippen LogP contribution in [0.25, 0.3) is 12.2 Å². The molecule has 140 valence electrons. The first-order valence-electron chi connectivity index (χ1n) is 8.08. The van der Waals surface area contributed by atoms with Gasteiger partial charge in [-0.25, -0.2) is 0 Å². The topological polar surface area (TPSA) is 76.0 Å². The van der Waals surface area contributed by atoms with Gasteiger partial charge in [-0.15, -0.1) is 0 Å². The van der Waals surface area contributed by atoms with Gasteiger partial charge in [-0.05, 0) is 0 Å². The molecular weight excluding hydrogens is 411 g/mol. The molecule has 0 bridgehead atoms. The molecule has 2 N–H and O–H groups in total. The van der Waals surface area contributed by atoms with Crippen molar-refractivity contribution in [1.29, 1.82) is 0 Å². The summed E-state index contributed by atoms with van der Waals surface area (Å²) in [5.74, 6) is 0.808. The van der Waals surface area contributed by atoms with Crippen molar-refractivity contribution >= 4 is 37.9 Å².